The number of hydrogen-bond donors (Lipinski definition) is 1. The molecule has 2 aromatic heterocycles. The Kier molecular flexibility index (Phi) is 6.92. The molecule has 2 N–H and O–H groups in total. The van der Waals surface area contributed by atoms with Crippen molar-refractivity contribution in [2.45, 2.75) is 32.7 Å². The van der Waals surface area contributed by atoms with Crippen LogP contribution in [-0.4, -0.2) is 35.0 Å². The van der Waals surface area contributed by atoms with Crippen LogP contribution in [0.1, 0.15) is 37.4 Å². The zero-order chi connectivity index (χ0) is 20.8. The van der Waals surface area contributed by atoms with Gasteiger partial charge in [0.15, 0.2) is 0 Å². The summed E-state index contributed by atoms with van der Waals surface area (Å²) in [5.41, 5.74) is 11.1. The highest BCUT2D eigenvalue weighted by Gasteiger charge is 2.24. The first-order valence-electron chi connectivity index (χ1n) is 10.2. The molecule has 5 nitrogen and oxygen atoms in total. The zero-order valence-electron chi connectivity index (χ0n) is 17.5. The molecular weight excluding hydrogens is 358 g/mol. The van der Waals surface area contributed by atoms with Gasteiger partial charge >= 0.3 is 0 Å². The molecule has 150 valence electrons. The summed E-state index contributed by atoms with van der Waals surface area (Å²) in [4.78, 5) is 11.5. The Labute approximate surface area is 173 Å². The van der Waals surface area contributed by atoms with Gasteiger partial charge in [0.05, 0.1) is 23.0 Å². The lowest BCUT2D eigenvalue weighted by Gasteiger charge is -2.36. The van der Waals surface area contributed by atoms with E-state index < -0.39 is 0 Å². The van der Waals surface area contributed by atoms with Gasteiger partial charge in [-0.2, -0.15) is 5.26 Å². The Morgan fingerprint density at radius 2 is 2.03 bits per heavy atom. The average Bonchev–Trinajstić information content (AvgIpc) is 2.76. The van der Waals surface area contributed by atoms with E-state index in [1.54, 1.807) is 0 Å². The predicted molar refractivity (Wildman–Crippen MR) is 118 cm³/mol. The fourth-order valence-electron chi connectivity index (χ4n) is 3.28. The molecule has 0 aliphatic carbocycles. The summed E-state index contributed by atoms with van der Waals surface area (Å²) >= 11 is 0. The lowest BCUT2D eigenvalue weighted by atomic mass is 9.90. The largest absolute Gasteiger partial charge is 0.325 e. The van der Waals surface area contributed by atoms with Gasteiger partial charge in [0.1, 0.15) is 0 Å². The predicted octanol–water partition coefficient (Wildman–Crippen LogP) is 4.34. The number of likely N-dealkylation sites (tertiary alicyclic amines) is 1. The smallest absolute Gasteiger partial charge is 0.0743 e. The van der Waals surface area contributed by atoms with Crippen molar-refractivity contribution in [3.63, 3.8) is 0 Å². The van der Waals surface area contributed by atoms with Crippen LogP contribution in [0.15, 0.2) is 48.7 Å². The first-order chi connectivity index (χ1) is 14.0. The van der Waals surface area contributed by atoms with Crippen LogP contribution < -0.4 is 5.73 Å². The molecule has 0 bridgehead atoms. The fraction of sp³-hybridized carbons (Fsp3) is 0.375. The minimum atomic E-state index is 0.241. The summed E-state index contributed by atoms with van der Waals surface area (Å²) in [5, 5.41) is 9.13. The van der Waals surface area contributed by atoms with Crippen molar-refractivity contribution >= 4 is 10.9 Å². The molecule has 3 heterocycles. The Morgan fingerprint density at radius 3 is 2.66 bits per heavy atom. The molecular formula is C24H29N5. The van der Waals surface area contributed by atoms with Crippen molar-refractivity contribution in [1.29, 1.82) is 5.26 Å². The first-order valence-corrected chi connectivity index (χ1v) is 10.2. The van der Waals surface area contributed by atoms with Crippen molar-refractivity contribution in [3.05, 3.63) is 59.9 Å². The number of nitrogens with two attached hydrogens (primary N) is 1. The summed E-state index contributed by atoms with van der Waals surface area (Å²) in [5.74, 6) is 0.887. The molecule has 0 spiro atoms. The van der Waals surface area contributed by atoms with Gasteiger partial charge in [-0.1, -0.05) is 25.1 Å². The molecule has 0 radical (unpaired) electrons. The normalized spacial score (nSPS) is 15.1. The minimum Gasteiger partial charge on any atom is -0.325 e. The Bertz CT molecular complexity index is 1000. The standard InChI is InChI=1S/C19H20N4.C5H9N/c1-23-11-16(12-23)13-3-2-4-14(7-13)18-6-5-15-10-21-17(9-20)8-19(15)22-18;1-3-5(2)4-6/h2-8,10,16H,9,11-12,20H2,1H3;5H,3H2,1-2H3. The van der Waals surface area contributed by atoms with Gasteiger partial charge in [0, 0.05) is 48.6 Å². The monoisotopic (exact) mass is 387 g/mol. The number of likely N-dealkylation sites (N-methyl/N-ethyl adjacent to an activating group) is 1. The van der Waals surface area contributed by atoms with Gasteiger partial charge in [-0.25, -0.2) is 4.98 Å². The van der Waals surface area contributed by atoms with Crippen molar-refractivity contribution < 1.29 is 0 Å². The summed E-state index contributed by atoms with van der Waals surface area (Å²) < 4.78 is 0. The van der Waals surface area contributed by atoms with Crippen LogP contribution in [0.25, 0.3) is 22.2 Å². The van der Waals surface area contributed by atoms with Gasteiger partial charge in [0.2, 0.25) is 0 Å². The molecule has 1 saturated heterocycles. The van der Waals surface area contributed by atoms with Gasteiger partial charge in [-0.15, -0.1) is 0 Å². The highest BCUT2D eigenvalue weighted by Crippen LogP contribution is 2.29. The SMILES string of the molecule is CCC(C)C#N.CN1CC(c2cccc(-c3ccc4cnc(CN)cc4n3)c2)C1. The second-order valence-electron chi connectivity index (χ2n) is 7.75. The molecule has 1 atom stereocenters. The third kappa shape index (κ3) is 5.17. The molecule has 0 saturated carbocycles. The van der Waals surface area contributed by atoms with E-state index in [-0.39, 0.29) is 5.92 Å². The molecule has 3 aromatic rings. The van der Waals surface area contributed by atoms with Gasteiger partial charge in [-0.3, -0.25) is 4.98 Å². The maximum atomic E-state index is 8.08. The third-order valence-electron chi connectivity index (χ3n) is 5.39. The van der Waals surface area contributed by atoms with E-state index >= 15 is 0 Å². The van der Waals surface area contributed by atoms with Crippen molar-refractivity contribution in [2.75, 3.05) is 20.1 Å². The maximum Gasteiger partial charge on any atom is 0.0743 e. The third-order valence-corrected chi connectivity index (χ3v) is 5.39. The fourth-order valence-corrected chi connectivity index (χ4v) is 3.28. The average molecular weight is 388 g/mol. The number of rotatable bonds is 4. The van der Waals surface area contributed by atoms with E-state index in [0.717, 1.165) is 41.8 Å². The number of nitrogens with zero attached hydrogens (tertiary/aromatic N) is 4. The summed E-state index contributed by atoms with van der Waals surface area (Å²) in [6.45, 7) is 6.64. The van der Waals surface area contributed by atoms with Crippen LogP contribution in [0.4, 0.5) is 0 Å². The van der Waals surface area contributed by atoms with Crippen LogP contribution in [0.5, 0.6) is 0 Å². The van der Waals surface area contributed by atoms with Crippen molar-refractivity contribution in [1.82, 2.24) is 14.9 Å². The molecule has 4 rings (SSSR count). The number of pyridine rings is 2. The Balaban J connectivity index is 0.000000353. The first kappa shape index (κ1) is 20.9. The Morgan fingerprint density at radius 1 is 1.24 bits per heavy atom. The van der Waals surface area contributed by atoms with Gasteiger partial charge < -0.3 is 10.6 Å². The van der Waals surface area contributed by atoms with Crippen LogP contribution in [-0.2, 0) is 6.54 Å². The summed E-state index contributed by atoms with van der Waals surface area (Å²) in [6.07, 6.45) is 2.81. The second kappa shape index (κ2) is 9.60. The number of fused-ring (bicyclic) bond motifs is 1. The lowest BCUT2D eigenvalue weighted by molar-refractivity contribution is 0.190. The topological polar surface area (TPSA) is 78.8 Å². The number of nitriles is 1. The Hall–Kier alpha value is -2.81. The molecule has 1 fully saturated rings. The molecule has 1 aliphatic heterocycles. The summed E-state index contributed by atoms with van der Waals surface area (Å²) in [7, 11) is 2.16. The number of hydrogen-bond acceptors (Lipinski definition) is 5. The molecule has 1 aromatic carbocycles. The highest BCUT2D eigenvalue weighted by molar-refractivity contribution is 5.81. The van der Waals surface area contributed by atoms with Crippen LogP contribution in [0.2, 0.25) is 0 Å². The van der Waals surface area contributed by atoms with Crippen LogP contribution in [0, 0.1) is 17.2 Å². The van der Waals surface area contributed by atoms with E-state index in [2.05, 4.69) is 59.4 Å². The second-order valence-corrected chi connectivity index (χ2v) is 7.75. The van der Waals surface area contributed by atoms with E-state index in [9.17, 15) is 0 Å². The number of benzene rings is 1. The number of aromatic nitrogens is 2. The van der Waals surface area contributed by atoms with Crippen molar-refractivity contribution in [3.8, 4) is 17.3 Å². The molecule has 5 heteroatoms. The van der Waals surface area contributed by atoms with Gasteiger partial charge in [-0.05, 0) is 50.2 Å². The molecule has 1 aliphatic rings. The van der Waals surface area contributed by atoms with Gasteiger partial charge in [0.25, 0.3) is 0 Å². The van der Waals surface area contributed by atoms with E-state index in [0.29, 0.717) is 12.5 Å². The zero-order valence-corrected chi connectivity index (χ0v) is 17.5. The van der Waals surface area contributed by atoms with E-state index in [4.69, 9.17) is 16.0 Å². The van der Waals surface area contributed by atoms with Crippen molar-refractivity contribution in [2.24, 2.45) is 11.7 Å². The highest BCUT2D eigenvalue weighted by atomic mass is 15.2. The minimum absolute atomic E-state index is 0.241. The molecule has 1 unspecified atom stereocenters. The lowest BCUT2D eigenvalue weighted by Crippen LogP contribution is -2.41. The molecule has 0 amide bonds. The quantitative estimate of drug-likeness (QED) is 0.720. The summed E-state index contributed by atoms with van der Waals surface area (Å²) in [6, 6.07) is 17.0. The van der Waals surface area contributed by atoms with Crippen LogP contribution in [0.3, 0.4) is 0 Å². The van der Waals surface area contributed by atoms with E-state index in [1.165, 1.54) is 11.1 Å². The maximum absolute atomic E-state index is 8.08. The van der Waals surface area contributed by atoms with E-state index in [1.807, 2.05) is 26.1 Å². The van der Waals surface area contributed by atoms with Crippen LogP contribution >= 0.6 is 0 Å². The molecule has 29 heavy (non-hydrogen) atoms.